The third kappa shape index (κ3) is 7.08. The fourth-order valence-corrected chi connectivity index (χ4v) is 5.50. The predicted octanol–water partition coefficient (Wildman–Crippen LogP) is 6.33. The average Bonchev–Trinajstić information content (AvgIpc) is 2.53. The molecule has 0 aliphatic heterocycles. The van der Waals surface area contributed by atoms with Gasteiger partial charge in [-0.1, -0.05) is 51.1 Å². The van der Waals surface area contributed by atoms with Crippen LogP contribution in [-0.4, -0.2) is 29.6 Å². The van der Waals surface area contributed by atoms with E-state index in [2.05, 4.69) is 0 Å². The summed E-state index contributed by atoms with van der Waals surface area (Å²) in [4.78, 5) is 6.06. The largest absolute Gasteiger partial charge is 0.412 e. The Morgan fingerprint density at radius 1 is 1.00 bits per heavy atom. The second-order valence-electron chi connectivity index (χ2n) is 8.43. The summed E-state index contributed by atoms with van der Waals surface area (Å²) in [5, 5.41) is 1.75. The van der Waals surface area contributed by atoms with Crippen LogP contribution in [0, 0.1) is 5.41 Å². The normalized spacial score (nSPS) is 14.7. The summed E-state index contributed by atoms with van der Waals surface area (Å²) >= 11 is 0. The Hall–Kier alpha value is -1.13. The van der Waals surface area contributed by atoms with E-state index in [-0.39, 0.29) is 0 Å². The monoisotopic (exact) mass is 397 g/mol. The van der Waals surface area contributed by atoms with Gasteiger partial charge in [-0.15, -0.1) is 5.06 Å². The molecular formula is C21H36NO4P. The van der Waals surface area contributed by atoms with Crippen LogP contribution in [0.3, 0.4) is 0 Å². The Kier molecular flexibility index (Phi) is 8.75. The summed E-state index contributed by atoms with van der Waals surface area (Å²) in [6, 6.07) is 9.90. The van der Waals surface area contributed by atoms with Crippen molar-refractivity contribution in [1.82, 2.24) is 5.06 Å². The van der Waals surface area contributed by atoms with Crippen molar-refractivity contribution in [1.29, 1.82) is 0 Å². The van der Waals surface area contributed by atoms with E-state index in [9.17, 15) is 4.57 Å². The van der Waals surface area contributed by atoms with Crippen molar-refractivity contribution in [3.63, 3.8) is 0 Å². The van der Waals surface area contributed by atoms with Gasteiger partial charge in [0.05, 0.1) is 13.2 Å². The van der Waals surface area contributed by atoms with Crippen molar-refractivity contribution in [2.45, 2.75) is 66.7 Å². The zero-order chi connectivity index (χ0) is 20.7. The van der Waals surface area contributed by atoms with Crippen LogP contribution in [0.4, 0.5) is 0 Å². The molecule has 0 bridgehead atoms. The molecule has 0 aliphatic rings. The number of nitrogens with zero attached hydrogens (tertiary/aromatic N) is 1. The zero-order valence-electron chi connectivity index (χ0n) is 18.1. The highest BCUT2D eigenvalue weighted by molar-refractivity contribution is 7.54. The molecule has 1 rings (SSSR count). The highest BCUT2D eigenvalue weighted by atomic mass is 31.2. The smallest absolute Gasteiger partial charge is 0.351 e. The first-order valence-corrected chi connectivity index (χ1v) is 11.1. The van der Waals surface area contributed by atoms with Crippen LogP contribution >= 0.6 is 7.60 Å². The zero-order valence-corrected chi connectivity index (χ0v) is 19.0. The molecule has 0 aliphatic carbocycles. The van der Waals surface area contributed by atoms with Gasteiger partial charge in [-0.3, -0.25) is 4.57 Å². The number of rotatable bonds is 9. The average molecular weight is 397 g/mol. The maximum absolute atomic E-state index is 13.7. The molecule has 0 N–H and O–H groups in total. The molecule has 0 saturated heterocycles. The minimum atomic E-state index is -3.45. The lowest BCUT2D eigenvalue weighted by Crippen LogP contribution is -2.52. The quantitative estimate of drug-likeness (QED) is 0.277. The maximum atomic E-state index is 13.7. The van der Waals surface area contributed by atoms with Crippen molar-refractivity contribution in [2.75, 3.05) is 13.2 Å². The van der Waals surface area contributed by atoms with Gasteiger partial charge >= 0.3 is 7.60 Å². The summed E-state index contributed by atoms with van der Waals surface area (Å²) in [7, 11) is -3.45. The van der Waals surface area contributed by atoms with Gasteiger partial charge in [-0.25, -0.2) is 0 Å². The standard InChI is InChI=1S/C21H36NO4P/c1-9-25-27(23,26-10-2)19(20(3,4)5)22(21(6,7)8)24-17-16-18-14-12-11-13-15-18/h11-17,19H,9-10H2,1-8H3/b17-16+. The van der Waals surface area contributed by atoms with E-state index in [1.54, 1.807) is 11.3 Å². The van der Waals surface area contributed by atoms with Crippen LogP contribution < -0.4 is 0 Å². The van der Waals surface area contributed by atoms with Gasteiger partial charge in [-0.2, -0.15) is 0 Å². The summed E-state index contributed by atoms with van der Waals surface area (Å²) in [6.45, 7) is 16.4. The van der Waals surface area contributed by atoms with Crippen LogP contribution in [0.1, 0.15) is 61.0 Å². The minimum Gasteiger partial charge on any atom is -0.412 e. The van der Waals surface area contributed by atoms with Gasteiger partial charge < -0.3 is 13.9 Å². The van der Waals surface area contributed by atoms with Gasteiger partial charge in [0, 0.05) is 5.54 Å². The number of benzene rings is 1. The maximum Gasteiger partial charge on any atom is 0.351 e. The van der Waals surface area contributed by atoms with Gasteiger partial charge in [0.15, 0.2) is 5.78 Å². The number of hydroxylamine groups is 2. The summed E-state index contributed by atoms with van der Waals surface area (Å²) in [5.74, 6) is -0.578. The Morgan fingerprint density at radius 3 is 1.93 bits per heavy atom. The Morgan fingerprint density at radius 2 is 1.52 bits per heavy atom. The first-order chi connectivity index (χ1) is 12.5. The molecule has 1 aromatic rings. The second kappa shape index (κ2) is 9.88. The third-order valence-electron chi connectivity index (χ3n) is 3.81. The molecule has 154 valence electrons. The molecule has 1 unspecified atom stereocenters. The van der Waals surface area contributed by atoms with E-state index in [4.69, 9.17) is 13.9 Å². The molecule has 0 saturated carbocycles. The van der Waals surface area contributed by atoms with Gasteiger partial charge in [-0.05, 0) is 51.7 Å². The fraction of sp³-hybridized carbons (Fsp3) is 0.619. The first kappa shape index (κ1) is 23.9. The molecule has 0 amide bonds. The molecule has 1 atom stereocenters. The second-order valence-corrected chi connectivity index (χ2v) is 10.5. The molecule has 0 heterocycles. The molecule has 0 aromatic heterocycles. The lowest BCUT2D eigenvalue weighted by atomic mass is 9.94. The molecule has 5 nitrogen and oxygen atoms in total. The lowest BCUT2D eigenvalue weighted by Gasteiger charge is -2.46. The molecule has 27 heavy (non-hydrogen) atoms. The fourth-order valence-electron chi connectivity index (χ4n) is 2.81. The van der Waals surface area contributed by atoms with E-state index >= 15 is 0 Å². The van der Waals surface area contributed by atoms with E-state index in [0.29, 0.717) is 13.2 Å². The topological polar surface area (TPSA) is 48.0 Å². The van der Waals surface area contributed by atoms with E-state index in [0.717, 1.165) is 5.56 Å². The SMILES string of the molecule is CCOP(=O)(OCC)C(N(O/C=C/c1ccccc1)C(C)(C)C)C(C)(C)C. The first-order valence-electron chi connectivity index (χ1n) is 9.52. The highest BCUT2D eigenvalue weighted by Gasteiger charge is 2.51. The molecule has 0 fully saturated rings. The van der Waals surface area contributed by atoms with Crippen molar-refractivity contribution >= 4 is 13.7 Å². The molecule has 6 heteroatoms. The Balaban J connectivity index is 3.28. The van der Waals surface area contributed by atoms with Crippen LogP contribution in [0.2, 0.25) is 0 Å². The van der Waals surface area contributed by atoms with Crippen LogP contribution in [0.5, 0.6) is 0 Å². The van der Waals surface area contributed by atoms with Gasteiger partial charge in [0.25, 0.3) is 0 Å². The minimum absolute atomic E-state index is 0.307. The number of hydrogen-bond donors (Lipinski definition) is 0. The Bertz CT molecular complexity index is 622. The van der Waals surface area contributed by atoms with Crippen molar-refractivity contribution in [3.8, 4) is 0 Å². The number of hydrogen-bond acceptors (Lipinski definition) is 5. The van der Waals surface area contributed by atoms with Crippen molar-refractivity contribution < 1.29 is 18.5 Å². The van der Waals surface area contributed by atoms with Crippen molar-refractivity contribution in [3.05, 3.63) is 42.2 Å². The summed E-state index contributed by atoms with van der Waals surface area (Å²) in [5.41, 5.74) is 0.188. The molecule has 0 spiro atoms. The third-order valence-corrected chi connectivity index (χ3v) is 6.63. The lowest BCUT2D eigenvalue weighted by molar-refractivity contribution is -0.196. The molecule has 0 radical (unpaired) electrons. The van der Waals surface area contributed by atoms with Gasteiger partial charge in [0.2, 0.25) is 0 Å². The Labute approximate surface area is 165 Å². The summed E-state index contributed by atoms with van der Waals surface area (Å²) < 4.78 is 25.1. The molecule has 1 aromatic carbocycles. The highest BCUT2D eigenvalue weighted by Crippen LogP contribution is 2.60. The van der Waals surface area contributed by atoms with E-state index in [1.807, 2.05) is 91.8 Å². The van der Waals surface area contributed by atoms with Crippen molar-refractivity contribution in [2.24, 2.45) is 5.41 Å². The summed E-state index contributed by atoms with van der Waals surface area (Å²) in [6.07, 6.45) is 3.51. The van der Waals surface area contributed by atoms with E-state index < -0.39 is 24.3 Å². The van der Waals surface area contributed by atoms with Gasteiger partial charge in [0.1, 0.15) is 6.26 Å². The molecular weight excluding hydrogens is 361 g/mol. The van der Waals surface area contributed by atoms with Crippen LogP contribution in [0.25, 0.3) is 6.08 Å². The van der Waals surface area contributed by atoms with Crippen LogP contribution in [0.15, 0.2) is 36.6 Å². The van der Waals surface area contributed by atoms with E-state index in [1.165, 1.54) is 0 Å². The predicted molar refractivity (Wildman–Crippen MR) is 112 cm³/mol. The van der Waals surface area contributed by atoms with Crippen LogP contribution in [-0.2, 0) is 18.5 Å².